The number of carbonyl (C=O) groups is 1. The van der Waals surface area contributed by atoms with E-state index in [2.05, 4.69) is 0 Å². The highest BCUT2D eigenvalue weighted by molar-refractivity contribution is 5.84. The Hall–Kier alpha value is -0.880. The molecule has 0 radical (unpaired) electrons. The van der Waals surface area contributed by atoms with E-state index in [-0.39, 0.29) is 6.54 Å². The number of alkyl halides is 5. The van der Waals surface area contributed by atoms with Crippen LogP contribution in [0.2, 0.25) is 0 Å². The maximum absolute atomic E-state index is 12.3. The highest BCUT2D eigenvalue weighted by atomic mass is 19.4. The van der Waals surface area contributed by atoms with Crippen molar-refractivity contribution in [1.29, 1.82) is 0 Å². The lowest BCUT2D eigenvalue weighted by atomic mass is 10.2. The molecule has 15 heavy (non-hydrogen) atoms. The molecule has 0 aromatic heterocycles. The molecule has 0 unspecified atom stereocenters. The Morgan fingerprint density at radius 2 is 1.73 bits per heavy atom. The molecule has 1 amide bonds. The van der Waals surface area contributed by atoms with E-state index in [0.717, 1.165) is 12.8 Å². The summed E-state index contributed by atoms with van der Waals surface area (Å²) in [5, 5.41) is 1.59. The van der Waals surface area contributed by atoms with Crippen molar-refractivity contribution in [1.82, 2.24) is 5.32 Å². The molecule has 1 aliphatic carbocycles. The van der Waals surface area contributed by atoms with Crippen molar-refractivity contribution < 1.29 is 26.7 Å². The minimum absolute atomic E-state index is 0.130. The summed E-state index contributed by atoms with van der Waals surface area (Å²) in [7, 11) is 0. The first-order chi connectivity index (χ1) is 6.75. The van der Waals surface area contributed by atoms with Gasteiger partial charge in [0, 0.05) is 6.54 Å². The summed E-state index contributed by atoms with van der Waals surface area (Å²) in [6, 6.07) is 0. The normalized spacial score (nSPS) is 17.7. The Balaban J connectivity index is 2.36. The zero-order valence-corrected chi connectivity index (χ0v) is 7.70. The molecule has 1 aliphatic rings. The van der Waals surface area contributed by atoms with Crippen LogP contribution in [0, 0.1) is 5.92 Å². The fourth-order valence-corrected chi connectivity index (χ4v) is 1.04. The third-order valence-corrected chi connectivity index (χ3v) is 2.18. The summed E-state index contributed by atoms with van der Waals surface area (Å²) in [6.07, 6.45) is -3.46. The quantitative estimate of drug-likeness (QED) is 0.737. The topological polar surface area (TPSA) is 29.1 Å². The van der Waals surface area contributed by atoms with Gasteiger partial charge < -0.3 is 5.32 Å². The van der Waals surface area contributed by atoms with Gasteiger partial charge in [-0.25, -0.2) is 0 Å². The van der Waals surface area contributed by atoms with Crippen LogP contribution in [-0.4, -0.2) is 24.6 Å². The monoisotopic (exact) mass is 231 g/mol. The van der Waals surface area contributed by atoms with Gasteiger partial charge in [0.2, 0.25) is 0 Å². The first-order valence-corrected chi connectivity index (χ1v) is 4.48. The minimum atomic E-state index is -5.82. The molecule has 0 saturated heterocycles. The number of nitrogens with one attached hydrogen (secondary N) is 1. The molecule has 0 spiro atoms. The van der Waals surface area contributed by atoms with Gasteiger partial charge >= 0.3 is 12.1 Å². The van der Waals surface area contributed by atoms with E-state index >= 15 is 0 Å². The average molecular weight is 231 g/mol. The fourth-order valence-electron chi connectivity index (χ4n) is 1.04. The van der Waals surface area contributed by atoms with E-state index < -0.39 is 18.0 Å². The van der Waals surface area contributed by atoms with Crippen LogP contribution in [0.15, 0.2) is 0 Å². The number of halogens is 5. The van der Waals surface area contributed by atoms with Crippen molar-refractivity contribution >= 4 is 5.91 Å². The highest BCUT2D eigenvalue weighted by Crippen LogP contribution is 2.35. The standard InChI is InChI=1S/C8H10F5NO/c9-7(10,8(11,12)13)6(15)14-4-3-5-1-2-5/h5H,1-4H2,(H,14,15). The Bertz CT molecular complexity index is 246. The SMILES string of the molecule is O=C(NCCC1CC1)C(F)(F)C(F)(F)F. The number of hydrogen-bond acceptors (Lipinski definition) is 1. The van der Waals surface area contributed by atoms with E-state index in [1.807, 2.05) is 0 Å². The summed E-state index contributed by atoms with van der Waals surface area (Å²) in [6.45, 7) is -0.130. The van der Waals surface area contributed by atoms with Crippen LogP contribution < -0.4 is 5.32 Å². The van der Waals surface area contributed by atoms with E-state index in [9.17, 15) is 26.7 Å². The lowest BCUT2D eigenvalue weighted by Crippen LogP contribution is -2.50. The van der Waals surface area contributed by atoms with Gasteiger partial charge in [-0.1, -0.05) is 12.8 Å². The van der Waals surface area contributed by atoms with Crippen molar-refractivity contribution in [2.24, 2.45) is 5.92 Å². The largest absolute Gasteiger partial charge is 0.463 e. The molecule has 2 nitrogen and oxygen atoms in total. The molecular weight excluding hydrogens is 221 g/mol. The second-order valence-corrected chi connectivity index (χ2v) is 3.56. The maximum Gasteiger partial charge on any atom is 0.463 e. The van der Waals surface area contributed by atoms with Gasteiger partial charge in [-0.3, -0.25) is 4.79 Å². The third kappa shape index (κ3) is 3.04. The molecule has 1 N–H and O–H groups in total. The van der Waals surface area contributed by atoms with Crippen molar-refractivity contribution in [3.63, 3.8) is 0 Å². The Morgan fingerprint density at radius 1 is 1.20 bits per heavy atom. The van der Waals surface area contributed by atoms with E-state index in [0.29, 0.717) is 12.3 Å². The van der Waals surface area contributed by atoms with Crippen LogP contribution in [0.25, 0.3) is 0 Å². The van der Waals surface area contributed by atoms with Crippen LogP contribution in [0.1, 0.15) is 19.3 Å². The van der Waals surface area contributed by atoms with Crippen molar-refractivity contribution in [2.45, 2.75) is 31.4 Å². The van der Waals surface area contributed by atoms with Gasteiger partial charge in [0.1, 0.15) is 0 Å². The second-order valence-electron chi connectivity index (χ2n) is 3.56. The van der Waals surface area contributed by atoms with Gasteiger partial charge in [-0.2, -0.15) is 22.0 Å². The first kappa shape index (κ1) is 12.2. The van der Waals surface area contributed by atoms with Crippen LogP contribution >= 0.6 is 0 Å². The van der Waals surface area contributed by atoms with Gasteiger partial charge in [0.05, 0.1) is 0 Å². The molecule has 0 heterocycles. The van der Waals surface area contributed by atoms with Crippen LogP contribution in [-0.2, 0) is 4.79 Å². The third-order valence-electron chi connectivity index (χ3n) is 2.18. The van der Waals surface area contributed by atoms with Gasteiger partial charge in [-0.05, 0) is 12.3 Å². The van der Waals surface area contributed by atoms with E-state index in [1.165, 1.54) is 0 Å². The molecule has 1 saturated carbocycles. The predicted molar refractivity (Wildman–Crippen MR) is 41.4 cm³/mol. The molecule has 1 fully saturated rings. The molecule has 0 aromatic carbocycles. The maximum atomic E-state index is 12.3. The molecule has 1 rings (SSSR count). The zero-order valence-electron chi connectivity index (χ0n) is 7.70. The summed E-state index contributed by atoms with van der Waals surface area (Å²) in [4.78, 5) is 10.5. The van der Waals surface area contributed by atoms with Crippen LogP contribution in [0.5, 0.6) is 0 Å². The molecule has 0 aliphatic heterocycles. The molecule has 0 aromatic rings. The fraction of sp³-hybridized carbons (Fsp3) is 0.875. The van der Waals surface area contributed by atoms with Gasteiger partial charge in [-0.15, -0.1) is 0 Å². The summed E-state index contributed by atoms with van der Waals surface area (Å²) < 4.78 is 59.7. The molecule has 88 valence electrons. The predicted octanol–water partition coefficient (Wildman–Crippen LogP) is 2.10. The number of carbonyl (C=O) groups excluding carboxylic acids is 1. The number of amides is 1. The van der Waals surface area contributed by atoms with Gasteiger partial charge in [0.15, 0.2) is 0 Å². The highest BCUT2D eigenvalue weighted by Gasteiger charge is 2.63. The molecule has 0 atom stereocenters. The Kier molecular flexibility index (Phi) is 3.20. The molecule has 0 bridgehead atoms. The second kappa shape index (κ2) is 3.94. The van der Waals surface area contributed by atoms with E-state index in [1.54, 1.807) is 5.32 Å². The van der Waals surface area contributed by atoms with Crippen molar-refractivity contribution in [2.75, 3.05) is 6.54 Å². The summed E-state index contributed by atoms with van der Waals surface area (Å²) in [5.41, 5.74) is 0. The zero-order chi connectivity index (χ0) is 11.7. The summed E-state index contributed by atoms with van der Waals surface area (Å²) in [5.74, 6) is -7.20. The van der Waals surface area contributed by atoms with Crippen molar-refractivity contribution in [3.05, 3.63) is 0 Å². The lowest BCUT2D eigenvalue weighted by Gasteiger charge is -2.18. The lowest BCUT2D eigenvalue weighted by molar-refractivity contribution is -0.269. The smallest absolute Gasteiger partial charge is 0.351 e. The van der Waals surface area contributed by atoms with E-state index in [4.69, 9.17) is 0 Å². The molecular formula is C8H10F5NO. The Labute approximate surface area is 82.8 Å². The molecule has 7 heteroatoms. The minimum Gasteiger partial charge on any atom is -0.351 e. The van der Waals surface area contributed by atoms with Crippen LogP contribution in [0.3, 0.4) is 0 Å². The first-order valence-electron chi connectivity index (χ1n) is 4.48. The number of rotatable bonds is 4. The Morgan fingerprint density at radius 3 is 2.13 bits per heavy atom. The number of hydrogen-bond donors (Lipinski definition) is 1. The van der Waals surface area contributed by atoms with Crippen LogP contribution in [0.4, 0.5) is 22.0 Å². The summed E-state index contributed by atoms with van der Waals surface area (Å²) >= 11 is 0. The van der Waals surface area contributed by atoms with Gasteiger partial charge in [0.25, 0.3) is 5.91 Å². The average Bonchev–Trinajstić information content (AvgIpc) is 2.85. The van der Waals surface area contributed by atoms with Crippen molar-refractivity contribution in [3.8, 4) is 0 Å².